The van der Waals surface area contributed by atoms with Crippen LogP contribution in [0.5, 0.6) is 0 Å². The Kier molecular flexibility index (Phi) is 8.25. The number of terminal acetylenes is 1. The predicted octanol–water partition coefficient (Wildman–Crippen LogP) is 0.855. The summed E-state index contributed by atoms with van der Waals surface area (Å²) in [7, 11) is 0. The van der Waals surface area contributed by atoms with Crippen molar-refractivity contribution in [2.45, 2.75) is 32.9 Å². The summed E-state index contributed by atoms with van der Waals surface area (Å²) >= 11 is 1.69. The molecule has 0 spiro atoms. The van der Waals surface area contributed by atoms with Crippen molar-refractivity contribution in [2.24, 2.45) is 0 Å². The minimum atomic E-state index is -0.140. The molecule has 0 aromatic heterocycles. The molecule has 0 aliphatic rings. The van der Waals surface area contributed by atoms with Crippen LogP contribution in [0, 0.1) is 12.3 Å². The summed E-state index contributed by atoms with van der Waals surface area (Å²) in [6, 6.07) is 0.0522. The highest BCUT2D eigenvalue weighted by Crippen LogP contribution is 1.96. The van der Waals surface area contributed by atoms with Gasteiger partial charge in [-0.1, -0.05) is 5.92 Å². The van der Waals surface area contributed by atoms with E-state index in [2.05, 4.69) is 16.6 Å². The minimum absolute atomic E-state index is 0.0481. The molecule has 86 valence electrons. The summed E-state index contributed by atoms with van der Waals surface area (Å²) in [4.78, 5) is 11.5. The van der Waals surface area contributed by atoms with Crippen LogP contribution in [0.3, 0.4) is 0 Å². The molecule has 0 heterocycles. The van der Waals surface area contributed by atoms with Gasteiger partial charge in [0.2, 0.25) is 5.91 Å². The summed E-state index contributed by atoms with van der Waals surface area (Å²) in [5.41, 5.74) is 0. The molecule has 0 aliphatic carbocycles. The molecule has 0 aromatic rings. The van der Waals surface area contributed by atoms with Gasteiger partial charge in [0, 0.05) is 18.3 Å². The first-order valence-electron chi connectivity index (χ1n) is 5.13. The van der Waals surface area contributed by atoms with Gasteiger partial charge in [0.1, 0.15) is 0 Å². The molecule has 0 saturated carbocycles. The molecular formula is C11H20N2OS. The van der Waals surface area contributed by atoms with Gasteiger partial charge in [-0.15, -0.1) is 18.2 Å². The number of amides is 1. The second-order valence-corrected chi connectivity index (χ2v) is 4.70. The smallest absolute Gasteiger partial charge is 0.237 e. The molecule has 0 saturated heterocycles. The van der Waals surface area contributed by atoms with Gasteiger partial charge in [0.15, 0.2) is 0 Å². The molecule has 0 fully saturated rings. The van der Waals surface area contributed by atoms with E-state index < -0.39 is 0 Å². The predicted molar refractivity (Wildman–Crippen MR) is 66.9 cm³/mol. The summed E-state index contributed by atoms with van der Waals surface area (Å²) < 4.78 is 0. The SMILES string of the molecule is C#CCSCCNC(C)C(=O)NC(C)C. The van der Waals surface area contributed by atoms with Crippen molar-refractivity contribution in [2.75, 3.05) is 18.1 Å². The van der Waals surface area contributed by atoms with Gasteiger partial charge >= 0.3 is 0 Å². The Morgan fingerprint density at radius 2 is 2.13 bits per heavy atom. The summed E-state index contributed by atoms with van der Waals surface area (Å²) in [6.07, 6.45) is 5.12. The van der Waals surface area contributed by atoms with Crippen LogP contribution in [0.4, 0.5) is 0 Å². The maximum absolute atomic E-state index is 11.5. The van der Waals surface area contributed by atoms with Crippen LogP contribution >= 0.6 is 11.8 Å². The molecule has 2 N–H and O–H groups in total. The maximum atomic E-state index is 11.5. The molecule has 0 aromatic carbocycles. The van der Waals surface area contributed by atoms with Gasteiger partial charge in [-0.25, -0.2) is 0 Å². The van der Waals surface area contributed by atoms with Crippen LogP contribution in [-0.2, 0) is 4.79 Å². The highest BCUT2D eigenvalue weighted by atomic mass is 32.2. The third-order valence-corrected chi connectivity index (χ3v) is 2.57. The monoisotopic (exact) mass is 228 g/mol. The van der Waals surface area contributed by atoms with E-state index >= 15 is 0 Å². The van der Waals surface area contributed by atoms with Crippen LogP contribution in [-0.4, -0.2) is 36.0 Å². The molecule has 0 radical (unpaired) electrons. The number of carbonyl (C=O) groups excluding carboxylic acids is 1. The Labute approximate surface area is 96.8 Å². The number of thioether (sulfide) groups is 1. The van der Waals surface area contributed by atoms with E-state index in [9.17, 15) is 4.79 Å². The number of hydrogen-bond acceptors (Lipinski definition) is 3. The van der Waals surface area contributed by atoms with E-state index in [1.54, 1.807) is 11.8 Å². The topological polar surface area (TPSA) is 41.1 Å². The van der Waals surface area contributed by atoms with Gasteiger partial charge < -0.3 is 10.6 Å². The Bertz CT molecular complexity index is 223. The van der Waals surface area contributed by atoms with Crippen molar-refractivity contribution in [3.63, 3.8) is 0 Å². The lowest BCUT2D eigenvalue weighted by molar-refractivity contribution is -0.123. The van der Waals surface area contributed by atoms with Crippen molar-refractivity contribution < 1.29 is 4.79 Å². The van der Waals surface area contributed by atoms with E-state index in [1.165, 1.54) is 0 Å². The van der Waals surface area contributed by atoms with Gasteiger partial charge in [-0.3, -0.25) is 4.79 Å². The fourth-order valence-corrected chi connectivity index (χ4v) is 1.51. The molecule has 1 atom stereocenters. The molecule has 1 unspecified atom stereocenters. The highest BCUT2D eigenvalue weighted by molar-refractivity contribution is 7.99. The lowest BCUT2D eigenvalue weighted by Crippen LogP contribution is -2.45. The Morgan fingerprint density at radius 3 is 2.67 bits per heavy atom. The zero-order valence-corrected chi connectivity index (χ0v) is 10.5. The summed E-state index contributed by atoms with van der Waals surface area (Å²) in [5.74, 6) is 4.27. The van der Waals surface area contributed by atoms with Crippen LogP contribution in [0.15, 0.2) is 0 Å². The lowest BCUT2D eigenvalue weighted by Gasteiger charge is -2.15. The van der Waals surface area contributed by atoms with Crippen LogP contribution in [0.2, 0.25) is 0 Å². The van der Waals surface area contributed by atoms with Crippen molar-refractivity contribution in [1.29, 1.82) is 0 Å². The first-order valence-corrected chi connectivity index (χ1v) is 6.28. The van der Waals surface area contributed by atoms with Crippen LogP contribution in [0.1, 0.15) is 20.8 Å². The van der Waals surface area contributed by atoms with Crippen LogP contribution in [0.25, 0.3) is 0 Å². The highest BCUT2D eigenvalue weighted by Gasteiger charge is 2.11. The molecular weight excluding hydrogens is 208 g/mol. The second-order valence-electron chi connectivity index (χ2n) is 3.60. The van der Waals surface area contributed by atoms with E-state index in [0.717, 1.165) is 18.1 Å². The van der Waals surface area contributed by atoms with Crippen molar-refractivity contribution in [3.05, 3.63) is 0 Å². The normalized spacial score (nSPS) is 12.2. The molecule has 0 aliphatic heterocycles. The van der Waals surface area contributed by atoms with Crippen molar-refractivity contribution >= 4 is 17.7 Å². The molecule has 15 heavy (non-hydrogen) atoms. The fourth-order valence-electron chi connectivity index (χ4n) is 0.981. The molecule has 3 nitrogen and oxygen atoms in total. The average molecular weight is 228 g/mol. The zero-order valence-electron chi connectivity index (χ0n) is 9.67. The second kappa shape index (κ2) is 8.63. The Morgan fingerprint density at radius 1 is 1.47 bits per heavy atom. The first kappa shape index (κ1) is 14.3. The van der Waals surface area contributed by atoms with Gasteiger partial charge in [-0.05, 0) is 20.8 Å². The van der Waals surface area contributed by atoms with E-state index in [4.69, 9.17) is 6.42 Å². The van der Waals surface area contributed by atoms with E-state index in [1.807, 2.05) is 20.8 Å². The van der Waals surface area contributed by atoms with E-state index in [-0.39, 0.29) is 18.0 Å². The number of rotatable bonds is 7. The number of nitrogens with one attached hydrogen (secondary N) is 2. The van der Waals surface area contributed by atoms with Crippen LogP contribution < -0.4 is 10.6 Å². The maximum Gasteiger partial charge on any atom is 0.237 e. The first-order chi connectivity index (χ1) is 7.07. The van der Waals surface area contributed by atoms with Gasteiger partial charge in [-0.2, -0.15) is 0 Å². The number of carbonyl (C=O) groups is 1. The van der Waals surface area contributed by atoms with E-state index in [0.29, 0.717) is 0 Å². The summed E-state index contributed by atoms with van der Waals surface area (Å²) in [6.45, 7) is 6.57. The zero-order chi connectivity index (χ0) is 11.7. The lowest BCUT2D eigenvalue weighted by atomic mass is 10.3. The van der Waals surface area contributed by atoms with Gasteiger partial charge in [0.05, 0.1) is 11.8 Å². The quantitative estimate of drug-likeness (QED) is 0.501. The fraction of sp³-hybridized carbons (Fsp3) is 0.727. The molecule has 0 bridgehead atoms. The standard InChI is InChI=1S/C11H20N2OS/c1-5-7-15-8-6-12-10(4)11(14)13-9(2)3/h1,9-10,12H,6-8H2,2-4H3,(H,13,14). The van der Waals surface area contributed by atoms with Crippen molar-refractivity contribution in [1.82, 2.24) is 10.6 Å². The molecule has 1 amide bonds. The molecule has 4 heteroatoms. The average Bonchev–Trinajstić information content (AvgIpc) is 2.16. The number of hydrogen-bond donors (Lipinski definition) is 2. The minimum Gasteiger partial charge on any atom is -0.353 e. The van der Waals surface area contributed by atoms with Crippen molar-refractivity contribution in [3.8, 4) is 12.3 Å². The Balaban J connectivity index is 3.52. The Hall–Kier alpha value is -0.660. The molecule has 0 rings (SSSR count). The largest absolute Gasteiger partial charge is 0.353 e. The van der Waals surface area contributed by atoms with Gasteiger partial charge in [0.25, 0.3) is 0 Å². The summed E-state index contributed by atoms with van der Waals surface area (Å²) in [5, 5.41) is 6.00. The third-order valence-electron chi connectivity index (χ3n) is 1.71. The third kappa shape index (κ3) is 8.34.